The predicted molar refractivity (Wildman–Crippen MR) is 90.7 cm³/mol. The maximum absolute atomic E-state index is 11.5. The number of amides is 1. The van der Waals surface area contributed by atoms with Gasteiger partial charge in [-0.1, -0.05) is 32.9 Å². The molecule has 0 unspecified atom stereocenters. The zero-order valence-corrected chi connectivity index (χ0v) is 15.6. The minimum atomic E-state index is -1.83. The van der Waals surface area contributed by atoms with Crippen molar-refractivity contribution in [3.8, 4) is 5.75 Å². The largest absolute Gasteiger partial charge is 0.544 e. The molecule has 5 heteroatoms. The molecule has 1 aromatic carbocycles. The molecule has 1 amide bonds. The minimum Gasteiger partial charge on any atom is -0.544 e. The van der Waals surface area contributed by atoms with Gasteiger partial charge in [-0.25, -0.2) is 4.79 Å². The number of hydrogen-bond donors (Lipinski definition) is 1. The molecule has 1 heterocycles. The molecule has 0 bridgehead atoms. The monoisotopic (exact) mass is 321 g/mol. The van der Waals surface area contributed by atoms with Crippen LogP contribution in [-0.4, -0.2) is 20.0 Å². The van der Waals surface area contributed by atoms with Crippen molar-refractivity contribution in [3.63, 3.8) is 0 Å². The Balaban J connectivity index is 2.16. The molecule has 0 aliphatic carbocycles. The quantitative estimate of drug-likeness (QED) is 0.826. The summed E-state index contributed by atoms with van der Waals surface area (Å²) in [5.41, 5.74) is 0.484. The second-order valence-electron chi connectivity index (χ2n) is 8.00. The van der Waals surface area contributed by atoms with Gasteiger partial charge in [0, 0.05) is 0 Å². The standard InChI is InChI=1S/C17H27NO3Si/c1-16(2,3)22(6,7)21-13-10-8-12(9-11-13)14-17(4,5)20-15(19)18-14/h8-11,14H,1-7H3,(H,18,19)/t14-/m0/s1. The van der Waals surface area contributed by atoms with Crippen LogP contribution in [0.4, 0.5) is 4.79 Å². The Morgan fingerprint density at radius 2 is 1.73 bits per heavy atom. The normalized spacial score (nSPS) is 21.2. The van der Waals surface area contributed by atoms with Crippen molar-refractivity contribution in [2.45, 2.75) is 64.4 Å². The van der Waals surface area contributed by atoms with Crippen molar-refractivity contribution in [2.75, 3.05) is 0 Å². The third kappa shape index (κ3) is 3.29. The van der Waals surface area contributed by atoms with Gasteiger partial charge < -0.3 is 14.5 Å². The number of nitrogens with one attached hydrogen (secondary N) is 1. The summed E-state index contributed by atoms with van der Waals surface area (Å²) in [6.07, 6.45) is -0.364. The number of cyclic esters (lactones) is 1. The fourth-order valence-electron chi connectivity index (χ4n) is 2.28. The third-order valence-electron chi connectivity index (χ3n) is 4.71. The van der Waals surface area contributed by atoms with Crippen molar-refractivity contribution >= 4 is 14.4 Å². The third-order valence-corrected chi connectivity index (χ3v) is 9.06. The first kappa shape index (κ1) is 16.9. The lowest BCUT2D eigenvalue weighted by Crippen LogP contribution is -2.43. The molecular weight excluding hydrogens is 294 g/mol. The van der Waals surface area contributed by atoms with E-state index < -0.39 is 13.9 Å². The van der Waals surface area contributed by atoms with Crippen LogP contribution in [0.3, 0.4) is 0 Å². The first-order valence-corrected chi connectivity index (χ1v) is 10.6. The van der Waals surface area contributed by atoms with Gasteiger partial charge in [0.2, 0.25) is 8.32 Å². The summed E-state index contributed by atoms with van der Waals surface area (Å²) < 4.78 is 11.6. The van der Waals surface area contributed by atoms with Gasteiger partial charge in [0.05, 0.1) is 6.04 Å². The second kappa shape index (κ2) is 5.30. The van der Waals surface area contributed by atoms with E-state index in [1.807, 2.05) is 38.1 Å². The molecule has 2 rings (SSSR count). The summed E-state index contributed by atoms with van der Waals surface area (Å²) in [4.78, 5) is 11.5. The van der Waals surface area contributed by atoms with Gasteiger partial charge in [-0.2, -0.15) is 0 Å². The van der Waals surface area contributed by atoms with Gasteiger partial charge >= 0.3 is 6.09 Å². The first-order valence-electron chi connectivity index (χ1n) is 7.71. The number of carbonyl (C=O) groups excluding carboxylic acids is 1. The van der Waals surface area contributed by atoms with Crippen molar-refractivity contribution < 1.29 is 14.0 Å². The smallest absolute Gasteiger partial charge is 0.408 e. The molecule has 1 aliphatic rings. The SMILES string of the molecule is CC1(C)OC(=O)N[C@H]1c1ccc(O[Si](C)(C)C(C)(C)C)cc1. The molecule has 0 saturated carbocycles. The number of rotatable bonds is 3. The van der Waals surface area contributed by atoms with E-state index in [1.54, 1.807) is 0 Å². The first-order chi connectivity index (χ1) is 9.92. The number of ether oxygens (including phenoxy) is 1. The van der Waals surface area contributed by atoms with Crippen molar-refractivity contribution in [1.29, 1.82) is 0 Å². The van der Waals surface area contributed by atoms with Gasteiger partial charge in [-0.15, -0.1) is 0 Å². The summed E-state index contributed by atoms with van der Waals surface area (Å²) in [6.45, 7) is 15.0. The lowest BCUT2D eigenvalue weighted by molar-refractivity contribution is 0.0684. The molecule has 1 fully saturated rings. The molecule has 122 valence electrons. The molecule has 4 nitrogen and oxygen atoms in total. The number of carbonyl (C=O) groups is 1. The molecule has 22 heavy (non-hydrogen) atoms. The summed E-state index contributed by atoms with van der Waals surface area (Å²) >= 11 is 0. The Morgan fingerprint density at radius 3 is 2.14 bits per heavy atom. The second-order valence-corrected chi connectivity index (χ2v) is 12.7. The lowest BCUT2D eigenvalue weighted by Gasteiger charge is -2.36. The molecule has 0 aromatic heterocycles. The molecule has 1 aliphatic heterocycles. The molecule has 1 aromatic rings. The zero-order valence-electron chi connectivity index (χ0n) is 14.6. The van der Waals surface area contributed by atoms with E-state index in [1.165, 1.54) is 0 Å². The van der Waals surface area contributed by atoms with Crippen molar-refractivity contribution in [1.82, 2.24) is 5.32 Å². The summed E-state index contributed by atoms with van der Waals surface area (Å²) in [7, 11) is -1.83. The van der Waals surface area contributed by atoms with Crippen LogP contribution >= 0.6 is 0 Å². The molecule has 1 N–H and O–H groups in total. The highest BCUT2D eigenvalue weighted by Gasteiger charge is 2.42. The van der Waals surface area contributed by atoms with Gasteiger partial charge in [0.1, 0.15) is 11.4 Å². The van der Waals surface area contributed by atoms with Gasteiger partial charge in [0.15, 0.2) is 0 Å². The topological polar surface area (TPSA) is 47.6 Å². The number of hydrogen-bond acceptors (Lipinski definition) is 3. The minimum absolute atomic E-state index is 0.137. The zero-order chi connectivity index (χ0) is 16.8. The van der Waals surface area contributed by atoms with Crippen LogP contribution in [-0.2, 0) is 4.74 Å². The van der Waals surface area contributed by atoms with E-state index in [9.17, 15) is 4.79 Å². The van der Waals surface area contributed by atoms with E-state index in [0.717, 1.165) is 11.3 Å². The lowest BCUT2D eigenvalue weighted by atomic mass is 9.93. The highest BCUT2D eigenvalue weighted by Crippen LogP contribution is 2.38. The Kier molecular flexibility index (Phi) is 4.06. The number of alkyl carbamates (subject to hydrolysis) is 1. The fourth-order valence-corrected chi connectivity index (χ4v) is 3.31. The van der Waals surface area contributed by atoms with Crippen LogP contribution in [0, 0.1) is 0 Å². The average molecular weight is 321 g/mol. The molecule has 1 saturated heterocycles. The molecule has 1 atom stereocenters. The Bertz CT molecular complexity index is 558. The molecule has 0 radical (unpaired) electrons. The van der Waals surface area contributed by atoms with Crippen molar-refractivity contribution in [3.05, 3.63) is 29.8 Å². The van der Waals surface area contributed by atoms with Crippen molar-refractivity contribution in [2.24, 2.45) is 0 Å². The highest BCUT2D eigenvalue weighted by molar-refractivity contribution is 6.74. The summed E-state index contributed by atoms with van der Waals surface area (Å²) in [6, 6.07) is 7.84. The van der Waals surface area contributed by atoms with Crippen LogP contribution in [0.2, 0.25) is 18.1 Å². The average Bonchev–Trinajstić information content (AvgIpc) is 2.61. The van der Waals surface area contributed by atoms with Crippen LogP contribution in [0.1, 0.15) is 46.2 Å². The Hall–Kier alpha value is -1.49. The van der Waals surface area contributed by atoms with Crippen LogP contribution < -0.4 is 9.74 Å². The van der Waals surface area contributed by atoms with Crippen LogP contribution in [0.15, 0.2) is 24.3 Å². The number of benzene rings is 1. The summed E-state index contributed by atoms with van der Waals surface area (Å²) in [5, 5.41) is 3.03. The van der Waals surface area contributed by atoms with E-state index >= 15 is 0 Å². The van der Waals surface area contributed by atoms with Gasteiger partial charge in [0.25, 0.3) is 0 Å². The van der Waals surface area contributed by atoms with Gasteiger partial charge in [-0.05, 0) is 49.7 Å². The highest BCUT2D eigenvalue weighted by atomic mass is 28.4. The van der Waals surface area contributed by atoms with Crippen LogP contribution in [0.5, 0.6) is 5.75 Å². The van der Waals surface area contributed by atoms with E-state index in [0.29, 0.717) is 0 Å². The summed E-state index contributed by atoms with van der Waals surface area (Å²) in [5.74, 6) is 0.887. The Labute approximate surface area is 134 Å². The molecule has 0 spiro atoms. The van der Waals surface area contributed by atoms with E-state index in [2.05, 4.69) is 39.2 Å². The Morgan fingerprint density at radius 1 is 1.18 bits per heavy atom. The molecular formula is C17H27NO3Si. The van der Waals surface area contributed by atoms with Crippen LogP contribution in [0.25, 0.3) is 0 Å². The predicted octanol–water partition coefficient (Wildman–Crippen LogP) is 4.63. The van der Waals surface area contributed by atoms with E-state index in [-0.39, 0.29) is 17.2 Å². The van der Waals surface area contributed by atoms with E-state index in [4.69, 9.17) is 9.16 Å². The van der Waals surface area contributed by atoms with Gasteiger partial charge in [-0.3, -0.25) is 0 Å². The maximum Gasteiger partial charge on any atom is 0.408 e. The maximum atomic E-state index is 11.5. The fraction of sp³-hybridized carbons (Fsp3) is 0.588.